The van der Waals surface area contributed by atoms with E-state index in [0.717, 1.165) is 16.1 Å². The number of esters is 1. The lowest BCUT2D eigenvalue weighted by atomic mass is 9.73. The van der Waals surface area contributed by atoms with Crippen LogP contribution in [0, 0.1) is 0 Å². The average Bonchev–Trinajstić information content (AvgIpc) is 3.38. The molecule has 8 heteroatoms. The van der Waals surface area contributed by atoms with Gasteiger partial charge in [0.15, 0.2) is 17.3 Å². The van der Waals surface area contributed by atoms with E-state index in [1.54, 1.807) is 14.2 Å². The molecule has 0 amide bonds. The van der Waals surface area contributed by atoms with Crippen molar-refractivity contribution >= 4 is 23.1 Å². The Balaban J connectivity index is 1.67. The standard InChI is InChI=1S/C27H31NO6S/c1-5-33-21-9-8-17(15-22(21)32-4)18-13-19-25(20(29)14-18)26(23-7-6-12-35-23)24(16(2)28-19)27(30)34-11-10-31-3/h6-9,12,15,18,26,28H,5,10-11,13-14H2,1-4H3/t18-,26-/m1/s1. The molecule has 7 nitrogen and oxygen atoms in total. The van der Waals surface area contributed by atoms with Crippen molar-refractivity contribution in [3.8, 4) is 11.5 Å². The monoisotopic (exact) mass is 497 g/mol. The maximum absolute atomic E-state index is 13.6. The number of hydrogen-bond acceptors (Lipinski definition) is 8. The van der Waals surface area contributed by atoms with Crippen molar-refractivity contribution < 1.29 is 28.5 Å². The number of carbonyl (C=O) groups excluding carboxylic acids is 2. The SMILES string of the molecule is CCOc1ccc([C@H]2CC(=O)C3=C(C2)NC(C)=C(C(=O)OCCOC)[C@H]3c2cccs2)cc1OC. The Morgan fingerprint density at radius 3 is 2.66 bits per heavy atom. The van der Waals surface area contributed by atoms with Crippen LogP contribution in [-0.2, 0) is 19.1 Å². The highest BCUT2D eigenvalue weighted by Crippen LogP contribution is 2.47. The number of rotatable bonds is 9. The summed E-state index contributed by atoms with van der Waals surface area (Å²) in [6.07, 6.45) is 1.01. The summed E-state index contributed by atoms with van der Waals surface area (Å²) < 4.78 is 21.6. The Morgan fingerprint density at radius 1 is 1.14 bits per heavy atom. The predicted octanol–water partition coefficient (Wildman–Crippen LogP) is 4.71. The zero-order valence-electron chi connectivity index (χ0n) is 20.5. The van der Waals surface area contributed by atoms with Crippen molar-refractivity contribution in [2.45, 2.75) is 38.5 Å². The highest BCUT2D eigenvalue weighted by Gasteiger charge is 2.42. The molecular formula is C27H31NO6S. The van der Waals surface area contributed by atoms with E-state index in [9.17, 15) is 9.59 Å². The topological polar surface area (TPSA) is 83.1 Å². The number of benzene rings is 1. The van der Waals surface area contributed by atoms with Crippen molar-refractivity contribution in [3.63, 3.8) is 0 Å². The first kappa shape index (κ1) is 25.0. The fourth-order valence-electron chi connectivity index (χ4n) is 4.79. The number of ketones is 1. The van der Waals surface area contributed by atoms with E-state index in [2.05, 4.69) is 5.32 Å². The highest BCUT2D eigenvalue weighted by molar-refractivity contribution is 7.10. The minimum atomic E-state index is -0.440. The maximum atomic E-state index is 13.6. The number of Topliss-reactive ketones (excluding diaryl/α,β-unsaturated/α-hetero) is 1. The lowest BCUT2D eigenvalue weighted by Crippen LogP contribution is -2.36. The molecule has 1 aromatic carbocycles. The second-order valence-electron chi connectivity index (χ2n) is 8.50. The number of hydrogen-bond donors (Lipinski definition) is 1. The van der Waals surface area contributed by atoms with Gasteiger partial charge in [-0.1, -0.05) is 12.1 Å². The van der Waals surface area contributed by atoms with Crippen LogP contribution >= 0.6 is 11.3 Å². The fourth-order valence-corrected chi connectivity index (χ4v) is 5.64. The molecule has 0 saturated heterocycles. The minimum Gasteiger partial charge on any atom is -0.493 e. The van der Waals surface area contributed by atoms with Gasteiger partial charge in [-0.3, -0.25) is 4.79 Å². The second-order valence-corrected chi connectivity index (χ2v) is 9.48. The molecule has 0 fully saturated rings. The third-order valence-electron chi connectivity index (χ3n) is 6.35. The number of ether oxygens (including phenoxy) is 4. The summed E-state index contributed by atoms with van der Waals surface area (Å²) in [5.74, 6) is 0.495. The van der Waals surface area contributed by atoms with E-state index in [1.807, 2.05) is 49.6 Å². The van der Waals surface area contributed by atoms with Crippen LogP contribution in [-0.4, -0.2) is 45.8 Å². The molecule has 1 aliphatic carbocycles. The van der Waals surface area contributed by atoms with Gasteiger partial charge in [0.25, 0.3) is 0 Å². The molecule has 2 heterocycles. The van der Waals surface area contributed by atoms with Crippen LogP contribution < -0.4 is 14.8 Å². The van der Waals surface area contributed by atoms with Crippen LogP contribution in [0.4, 0.5) is 0 Å². The first-order valence-corrected chi connectivity index (χ1v) is 12.6. The first-order valence-electron chi connectivity index (χ1n) is 11.7. The number of dihydropyridines is 1. The highest BCUT2D eigenvalue weighted by atomic mass is 32.1. The summed E-state index contributed by atoms with van der Waals surface area (Å²) in [7, 11) is 3.17. The molecule has 4 rings (SSSR count). The molecule has 2 aliphatic rings. The normalized spacial score (nSPS) is 19.8. The van der Waals surface area contributed by atoms with Crippen LogP contribution in [0.3, 0.4) is 0 Å². The second kappa shape index (κ2) is 11.1. The fraction of sp³-hybridized carbons (Fsp3) is 0.407. The maximum Gasteiger partial charge on any atom is 0.336 e. The number of thiophene rings is 1. The molecule has 0 unspecified atom stereocenters. The van der Waals surface area contributed by atoms with Gasteiger partial charge in [-0.2, -0.15) is 0 Å². The molecule has 186 valence electrons. The first-order chi connectivity index (χ1) is 17.0. The van der Waals surface area contributed by atoms with E-state index in [0.29, 0.717) is 54.4 Å². The number of nitrogens with one attached hydrogen (secondary N) is 1. The molecular weight excluding hydrogens is 466 g/mol. The molecule has 0 radical (unpaired) electrons. The van der Waals surface area contributed by atoms with E-state index < -0.39 is 11.9 Å². The van der Waals surface area contributed by atoms with E-state index in [1.165, 1.54) is 11.3 Å². The van der Waals surface area contributed by atoms with Gasteiger partial charge < -0.3 is 24.3 Å². The van der Waals surface area contributed by atoms with Gasteiger partial charge in [-0.25, -0.2) is 4.79 Å². The van der Waals surface area contributed by atoms with Crippen LogP contribution in [0.15, 0.2) is 58.3 Å². The summed E-state index contributed by atoms with van der Waals surface area (Å²) >= 11 is 1.54. The summed E-state index contributed by atoms with van der Waals surface area (Å²) in [6.45, 7) is 4.81. The largest absolute Gasteiger partial charge is 0.493 e. The quantitative estimate of drug-likeness (QED) is 0.397. The Morgan fingerprint density at radius 2 is 1.97 bits per heavy atom. The summed E-state index contributed by atoms with van der Waals surface area (Å²) in [5.41, 5.74) is 3.74. The molecule has 1 N–H and O–H groups in total. The van der Waals surface area contributed by atoms with Crippen LogP contribution in [0.5, 0.6) is 11.5 Å². The Labute approximate surface area is 209 Å². The van der Waals surface area contributed by atoms with Gasteiger partial charge in [0, 0.05) is 35.4 Å². The molecule has 0 spiro atoms. The van der Waals surface area contributed by atoms with Crippen LogP contribution in [0.25, 0.3) is 0 Å². The Bertz CT molecular complexity index is 1150. The minimum absolute atomic E-state index is 0.00897. The van der Waals surface area contributed by atoms with Crippen LogP contribution in [0.2, 0.25) is 0 Å². The Hall–Kier alpha value is -3.10. The molecule has 0 bridgehead atoms. The molecule has 1 aliphatic heterocycles. The van der Waals surface area contributed by atoms with Gasteiger partial charge in [-0.15, -0.1) is 11.3 Å². The molecule has 2 atom stereocenters. The molecule has 0 saturated carbocycles. The van der Waals surface area contributed by atoms with E-state index >= 15 is 0 Å². The molecule has 35 heavy (non-hydrogen) atoms. The predicted molar refractivity (Wildman–Crippen MR) is 134 cm³/mol. The smallest absolute Gasteiger partial charge is 0.336 e. The van der Waals surface area contributed by atoms with Crippen molar-refractivity contribution in [1.82, 2.24) is 5.32 Å². The summed E-state index contributed by atoms with van der Waals surface area (Å²) in [4.78, 5) is 27.7. The van der Waals surface area contributed by atoms with Crippen LogP contribution in [0.1, 0.15) is 49.0 Å². The lowest BCUT2D eigenvalue weighted by molar-refractivity contribution is -0.140. The average molecular weight is 498 g/mol. The van der Waals surface area contributed by atoms with E-state index in [-0.39, 0.29) is 18.3 Å². The molecule has 1 aromatic heterocycles. The van der Waals surface area contributed by atoms with Gasteiger partial charge in [0.1, 0.15) is 6.61 Å². The third-order valence-corrected chi connectivity index (χ3v) is 7.29. The lowest BCUT2D eigenvalue weighted by Gasteiger charge is -2.36. The van der Waals surface area contributed by atoms with Gasteiger partial charge in [0.2, 0.25) is 0 Å². The zero-order chi connectivity index (χ0) is 24.9. The van der Waals surface area contributed by atoms with Crippen molar-refractivity contribution in [2.24, 2.45) is 0 Å². The van der Waals surface area contributed by atoms with Gasteiger partial charge in [-0.05, 0) is 55.3 Å². The summed E-state index contributed by atoms with van der Waals surface area (Å²) in [6, 6.07) is 9.76. The molecule has 2 aromatic rings. The third kappa shape index (κ3) is 5.13. The summed E-state index contributed by atoms with van der Waals surface area (Å²) in [5, 5.41) is 5.34. The van der Waals surface area contributed by atoms with Gasteiger partial charge >= 0.3 is 5.97 Å². The number of allylic oxidation sites excluding steroid dienone is 3. The van der Waals surface area contributed by atoms with E-state index in [4.69, 9.17) is 18.9 Å². The van der Waals surface area contributed by atoms with Gasteiger partial charge in [0.05, 0.1) is 31.8 Å². The zero-order valence-corrected chi connectivity index (χ0v) is 21.3. The van der Waals surface area contributed by atoms with Crippen molar-refractivity contribution in [1.29, 1.82) is 0 Å². The Kier molecular flexibility index (Phi) is 7.93. The number of carbonyl (C=O) groups is 2. The number of methoxy groups -OCH3 is 2. The van der Waals surface area contributed by atoms with Crippen molar-refractivity contribution in [2.75, 3.05) is 34.0 Å². The van der Waals surface area contributed by atoms with Crippen molar-refractivity contribution in [3.05, 3.63) is 68.7 Å².